The second-order valence-corrected chi connectivity index (χ2v) is 4.80. The van der Waals surface area contributed by atoms with Crippen LogP contribution in [-0.2, 0) is 0 Å². The van der Waals surface area contributed by atoms with Gasteiger partial charge in [0, 0.05) is 30.8 Å². The first-order valence-electron chi connectivity index (χ1n) is 6.11. The average molecular weight is 248 g/mol. The summed E-state index contributed by atoms with van der Waals surface area (Å²) in [5.41, 5.74) is 0.535. The lowest BCUT2D eigenvalue weighted by Gasteiger charge is -2.30. The monoisotopic (exact) mass is 248 g/mol. The molecule has 1 amide bonds. The molecule has 1 heterocycles. The second-order valence-electron chi connectivity index (χ2n) is 4.80. The van der Waals surface area contributed by atoms with Gasteiger partial charge < -0.3 is 4.90 Å². The third kappa shape index (κ3) is 2.67. The molecule has 0 N–H and O–H groups in total. The highest BCUT2D eigenvalue weighted by atomic mass is 16.6. The minimum atomic E-state index is -0.461. The van der Waals surface area contributed by atoms with Gasteiger partial charge in [-0.1, -0.05) is 6.92 Å². The number of benzene rings is 1. The summed E-state index contributed by atoms with van der Waals surface area (Å²) in [6, 6.07) is 5.81. The fraction of sp³-hybridized carbons (Fsp3) is 0.462. The number of nitro groups is 1. The SMILES string of the molecule is C[C@@H]1CCCN(C(=O)c2ccc([N+](=O)[O-])cc2)C1. The molecule has 1 saturated heterocycles. The first-order valence-corrected chi connectivity index (χ1v) is 6.11. The fourth-order valence-corrected chi connectivity index (χ4v) is 2.28. The van der Waals surface area contributed by atoms with Crippen molar-refractivity contribution < 1.29 is 9.72 Å². The minimum Gasteiger partial charge on any atom is -0.338 e. The van der Waals surface area contributed by atoms with Crippen LogP contribution < -0.4 is 0 Å². The highest BCUT2D eigenvalue weighted by Crippen LogP contribution is 2.19. The summed E-state index contributed by atoms with van der Waals surface area (Å²) in [7, 11) is 0. The summed E-state index contributed by atoms with van der Waals surface area (Å²) < 4.78 is 0. The number of non-ortho nitro benzene ring substituents is 1. The minimum absolute atomic E-state index is 0.0126. The van der Waals surface area contributed by atoms with E-state index in [1.54, 1.807) is 0 Å². The van der Waals surface area contributed by atoms with Gasteiger partial charge >= 0.3 is 0 Å². The van der Waals surface area contributed by atoms with Gasteiger partial charge in [-0.3, -0.25) is 14.9 Å². The molecule has 0 aromatic heterocycles. The first-order chi connectivity index (χ1) is 8.58. The van der Waals surface area contributed by atoms with E-state index in [4.69, 9.17) is 0 Å². The summed E-state index contributed by atoms with van der Waals surface area (Å²) >= 11 is 0. The van der Waals surface area contributed by atoms with Crippen molar-refractivity contribution in [2.24, 2.45) is 5.92 Å². The molecule has 0 aliphatic carbocycles. The van der Waals surface area contributed by atoms with Crippen molar-refractivity contribution in [2.75, 3.05) is 13.1 Å². The van der Waals surface area contributed by atoms with E-state index in [0.717, 1.165) is 25.9 Å². The van der Waals surface area contributed by atoms with Crippen molar-refractivity contribution in [3.05, 3.63) is 39.9 Å². The number of carbonyl (C=O) groups excluding carboxylic acids is 1. The Morgan fingerprint density at radius 2 is 2.06 bits per heavy atom. The van der Waals surface area contributed by atoms with Crippen molar-refractivity contribution in [3.8, 4) is 0 Å². The Labute approximate surface area is 106 Å². The number of likely N-dealkylation sites (tertiary alicyclic amines) is 1. The van der Waals surface area contributed by atoms with E-state index in [0.29, 0.717) is 11.5 Å². The van der Waals surface area contributed by atoms with Gasteiger partial charge in [0.25, 0.3) is 11.6 Å². The molecule has 2 rings (SSSR count). The molecule has 1 aliphatic heterocycles. The number of nitro benzene ring substituents is 1. The van der Waals surface area contributed by atoms with Crippen LogP contribution in [0, 0.1) is 16.0 Å². The highest BCUT2D eigenvalue weighted by Gasteiger charge is 2.22. The number of rotatable bonds is 2. The van der Waals surface area contributed by atoms with Crippen LogP contribution >= 0.6 is 0 Å². The van der Waals surface area contributed by atoms with E-state index in [1.807, 2.05) is 4.90 Å². The van der Waals surface area contributed by atoms with E-state index in [9.17, 15) is 14.9 Å². The quantitative estimate of drug-likeness (QED) is 0.596. The Morgan fingerprint density at radius 3 is 2.61 bits per heavy atom. The van der Waals surface area contributed by atoms with Crippen molar-refractivity contribution in [1.82, 2.24) is 4.90 Å². The lowest BCUT2D eigenvalue weighted by atomic mass is 9.99. The molecule has 5 heteroatoms. The lowest BCUT2D eigenvalue weighted by Crippen LogP contribution is -2.39. The van der Waals surface area contributed by atoms with Gasteiger partial charge in [0.15, 0.2) is 0 Å². The van der Waals surface area contributed by atoms with Crippen LogP contribution in [0.5, 0.6) is 0 Å². The molecular weight excluding hydrogens is 232 g/mol. The maximum atomic E-state index is 12.2. The van der Waals surface area contributed by atoms with Crippen LogP contribution in [0.15, 0.2) is 24.3 Å². The van der Waals surface area contributed by atoms with Crippen molar-refractivity contribution in [3.63, 3.8) is 0 Å². The third-order valence-electron chi connectivity index (χ3n) is 3.27. The standard InChI is InChI=1S/C13H16N2O3/c1-10-3-2-8-14(9-10)13(16)11-4-6-12(7-5-11)15(17)18/h4-7,10H,2-3,8-9H2,1H3/t10-/m1/s1. The van der Waals surface area contributed by atoms with Gasteiger partial charge in [-0.05, 0) is 30.9 Å². The van der Waals surface area contributed by atoms with Gasteiger partial charge in [0.1, 0.15) is 0 Å². The third-order valence-corrected chi connectivity index (χ3v) is 3.27. The molecule has 0 bridgehead atoms. The number of amides is 1. The number of hydrogen-bond acceptors (Lipinski definition) is 3. The molecule has 1 fully saturated rings. The largest absolute Gasteiger partial charge is 0.338 e. The van der Waals surface area contributed by atoms with Gasteiger partial charge in [0.05, 0.1) is 4.92 Å². The number of piperidine rings is 1. The Morgan fingerprint density at radius 1 is 1.39 bits per heavy atom. The Kier molecular flexibility index (Phi) is 3.60. The Balaban J connectivity index is 2.10. The molecule has 1 aromatic carbocycles. The van der Waals surface area contributed by atoms with Gasteiger partial charge in [0.2, 0.25) is 0 Å². The Bertz CT molecular complexity index is 456. The van der Waals surface area contributed by atoms with E-state index in [-0.39, 0.29) is 11.6 Å². The van der Waals surface area contributed by atoms with E-state index < -0.39 is 4.92 Å². The first kappa shape index (κ1) is 12.5. The van der Waals surface area contributed by atoms with Gasteiger partial charge in [-0.15, -0.1) is 0 Å². The van der Waals surface area contributed by atoms with E-state index in [1.165, 1.54) is 24.3 Å². The molecule has 0 radical (unpaired) electrons. The molecular formula is C13H16N2O3. The zero-order chi connectivity index (χ0) is 13.1. The van der Waals surface area contributed by atoms with Crippen molar-refractivity contribution in [1.29, 1.82) is 0 Å². The molecule has 5 nitrogen and oxygen atoms in total. The van der Waals surface area contributed by atoms with E-state index >= 15 is 0 Å². The van der Waals surface area contributed by atoms with Crippen molar-refractivity contribution >= 4 is 11.6 Å². The fourth-order valence-electron chi connectivity index (χ4n) is 2.28. The maximum Gasteiger partial charge on any atom is 0.269 e. The Hall–Kier alpha value is -1.91. The average Bonchev–Trinajstić information content (AvgIpc) is 2.38. The molecule has 18 heavy (non-hydrogen) atoms. The summed E-state index contributed by atoms with van der Waals surface area (Å²) in [6.07, 6.45) is 2.18. The topological polar surface area (TPSA) is 63.5 Å². The molecule has 0 spiro atoms. The van der Waals surface area contributed by atoms with Crippen LogP contribution in [0.2, 0.25) is 0 Å². The molecule has 1 atom stereocenters. The second kappa shape index (κ2) is 5.16. The highest BCUT2D eigenvalue weighted by molar-refractivity contribution is 5.94. The zero-order valence-electron chi connectivity index (χ0n) is 10.3. The van der Waals surface area contributed by atoms with Crippen molar-refractivity contribution in [2.45, 2.75) is 19.8 Å². The van der Waals surface area contributed by atoms with Gasteiger partial charge in [-0.2, -0.15) is 0 Å². The lowest BCUT2D eigenvalue weighted by molar-refractivity contribution is -0.384. The van der Waals surface area contributed by atoms with Crippen LogP contribution in [0.4, 0.5) is 5.69 Å². The normalized spacial score (nSPS) is 19.6. The number of hydrogen-bond donors (Lipinski definition) is 0. The smallest absolute Gasteiger partial charge is 0.269 e. The van der Waals surface area contributed by atoms with Gasteiger partial charge in [-0.25, -0.2) is 0 Å². The maximum absolute atomic E-state index is 12.2. The summed E-state index contributed by atoms with van der Waals surface area (Å²) in [5, 5.41) is 10.5. The predicted octanol–water partition coefficient (Wildman–Crippen LogP) is 2.47. The van der Waals surface area contributed by atoms with Crippen LogP contribution in [0.1, 0.15) is 30.1 Å². The molecule has 1 aliphatic rings. The molecule has 0 saturated carbocycles. The predicted molar refractivity (Wildman–Crippen MR) is 67.4 cm³/mol. The number of nitrogens with zero attached hydrogens (tertiary/aromatic N) is 2. The van der Waals surface area contributed by atoms with Crippen LogP contribution in [0.25, 0.3) is 0 Å². The van der Waals surface area contributed by atoms with Crippen LogP contribution in [-0.4, -0.2) is 28.8 Å². The number of carbonyl (C=O) groups is 1. The van der Waals surface area contributed by atoms with Crippen LogP contribution in [0.3, 0.4) is 0 Å². The summed E-state index contributed by atoms with van der Waals surface area (Å²) in [4.78, 5) is 24.1. The summed E-state index contributed by atoms with van der Waals surface area (Å²) in [5.74, 6) is 0.497. The zero-order valence-corrected chi connectivity index (χ0v) is 10.3. The van der Waals surface area contributed by atoms with E-state index in [2.05, 4.69) is 6.92 Å². The summed E-state index contributed by atoms with van der Waals surface area (Å²) in [6.45, 7) is 3.69. The molecule has 96 valence electrons. The molecule has 0 unspecified atom stereocenters. The molecule has 1 aromatic rings.